The average molecular weight is 291 g/mol. The van der Waals surface area contributed by atoms with Crippen molar-refractivity contribution in [3.8, 4) is 0 Å². The van der Waals surface area contributed by atoms with Gasteiger partial charge in [0.15, 0.2) is 0 Å². The van der Waals surface area contributed by atoms with Crippen LogP contribution in [0.5, 0.6) is 0 Å². The summed E-state index contributed by atoms with van der Waals surface area (Å²) in [6.45, 7) is 3.89. The van der Waals surface area contributed by atoms with Crippen molar-refractivity contribution in [2.24, 2.45) is 0 Å². The molecule has 0 amide bonds. The number of benzene rings is 1. The molecule has 0 aliphatic rings. The zero-order valence-corrected chi connectivity index (χ0v) is 12.2. The van der Waals surface area contributed by atoms with Gasteiger partial charge in [0.2, 0.25) is 0 Å². The number of aromatic nitrogens is 2. The highest BCUT2D eigenvalue weighted by Gasteiger charge is 2.25. The smallest absolute Gasteiger partial charge is 0.325 e. The number of likely N-dealkylation sites (N-methyl/N-ethyl adjacent to an activating group) is 1. The van der Waals surface area contributed by atoms with Crippen LogP contribution in [0, 0.1) is 19.7 Å². The zero-order valence-electron chi connectivity index (χ0n) is 12.2. The number of nitrogens with zero attached hydrogens (tertiary/aromatic N) is 2. The van der Waals surface area contributed by atoms with Crippen molar-refractivity contribution >= 4 is 5.97 Å². The average Bonchev–Trinajstić information content (AvgIpc) is 2.79. The van der Waals surface area contributed by atoms with E-state index in [0.29, 0.717) is 17.7 Å². The van der Waals surface area contributed by atoms with E-state index in [0.717, 1.165) is 11.4 Å². The van der Waals surface area contributed by atoms with Crippen LogP contribution >= 0.6 is 0 Å². The van der Waals surface area contributed by atoms with Gasteiger partial charge >= 0.3 is 5.97 Å². The number of hydrogen-bond acceptors (Lipinski definition) is 3. The molecule has 21 heavy (non-hydrogen) atoms. The predicted octanol–water partition coefficient (Wildman–Crippen LogP) is 2.42. The number of aryl methyl sites for hydroxylation is 2. The minimum absolute atomic E-state index is 0.339. The molecule has 0 aliphatic heterocycles. The van der Waals surface area contributed by atoms with Gasteiger partial charge < -0.3 is 5.11 Å². The Balaban J connectivity index is 2.25. The van der Waals surface area contributed by atoms with Crippen molar-refractivity contribution in [1.29, 1.82) is 0 Å². The first kappa shape index (κ1) is 15.2. The van der Waals surface area contributed by atoms with Gasteiger partial charge in [-0.3, -0.25) is 14.8 Å². The second-order valence-corrected chi connectivity index (χ2v) is 5.21. The lowest BCUT2D eigenvalue weighted by Crippen LogP contribution is -2.30. The fourth-order valence-electron chi connectivity index (χ4n) is 2.33. The lowest BCUT2D eigenvalue weighted by Gasteiger charge is -2.24. The Kier molecular flexibility index (Phi) is 4.37. The quantitative estimate of drug-likeness (QED) is 0.887. The second kappa shape index (κ2) is 6.05. The highest BCUT2D eigenvalue weighted by atomic mass is 19.1. The maximum atomic E-state index is 13.3. The molecule has 2 N–H and O–H groups in total. The van der Waals surface area contributed by atoms with Gasteiger partial charge in [0.25, 0.3) is 0 Å². The van der Waals surface area contributed by atoms with E-state index in [2.05, 4.69) is 10.2 Å². The summed E-state index contributed by atoms with van der Waals surface area (Å²) in [7, 11) is 1.71. The van der Waals surface area contributed by atoms with Crippen LogP contribution in [0.2, 0.25) is 0 Å². The molecule has 5 nitrogen and oxygen atoms in total. The Bertz CT molecular complexity index is 654. The minimum atomic E-state index is -0.976. The van der Waals surface area contributed by atoms with E-state index in [1.54, 1.807) is 24.9 Å². The summed E-state index contributed by atoms with van der Waals surface area (Å²) < 4.78 is 13.3. The monoisotopic (exact) mass is 291 g/mol. The molecule has 1 heterocycles. The van der Waals surface area contributed by atoms with Crippen molar-refractivity contribution < 1.29 is 14.3 Å². The van der Waals surface area contributed by atoms with Crippen LogP contribution in [0.25, 0.3) is 0 Å². The first-order chi connectivity index (χ1) is 9.88. The SMILES string of the molecule is Cc1cc(CN(C)[C@H](C(=O)O)c2ccc(F)c(C)c2)n[nH]1. The molecule has 1 atom stereocenters. The minimum Gasteiger partial charge on any atom is -0.480 e. The molecule has 0 saturated carbocycles. The van der Waals surface area contributed by atoms with E-state index in [9.17, 15) is 14.3 Å². The summed E-state index contributed by atoms with van der Waals surface area (Å²) in [6.07, 6.45) is 0. The van der Waals surface area contributed by atoms with E-state index in [-0.39, 0.29) is 5.82 Å². The lowest BCUT2D eigenvalue weighted by molar-refractivity contribution is -0.143. The van der Waals surface area contributed by atoms with Gasteiger partial charge in [-0.05, 0) is 44.2 Å². The fraction of sp³-hybridized carbons (Fsp3) is 0.333. The summed E-state index contributed by atoms with van der Waals surface area (Å²) in [5.41, 5.74) is 2.67. The molecule has 1 aromatic heterocycles. The molecule has 0 unspecified atom stereocenters. The van der Waals surface area contributed by atoms with Gasteiger partial charge in [0.1, 0.15) is 11.9 Å². The Morgan fingerprint density at radius 1 is 1.43 bits per heavy atom. The molecule has 2 aromatic rings. The summed E-state index contributed by atoms with van der Waals surface area (Å²) >= 11 is 0. The summed E-state index contributed by atoms with van der Waals surface area (Å²) in [5.74, 6) is -1.32. The van der Waals surface area contributed by atoms with Crippen molar-refractivity contribution in [3.05, 3.63) is 52.6 Å². The Hall–Kier alpha value is -2.21. The lowest BCUT2D eigenvalue weighted by atomic mass is 10.0. The van der Waals surface area contributed by atoms with E-state index in [4.69, 9.17) is 0 Å². The fourth-order valence-corrected chi connectivity index (χ4v) is 2.33. The van der Waals surface area contributed by atoms with Crippen LogP contribution in [0.4, 0.5) is 4.39 Å². The zero-order chi connectivity index (χ0) is 15.6. The number of carboxylic acid groups (broad SMARTS) is 1. The third-order valence-electron chi connectivity index (χ3n) is 3.34. The second-order valence-electron chi connectivity index (χ2n) is 5.21. The van der Waals surface area contributed by atoms with Crippen molar-refractivity contribution in [2.75, 3.05) is 7.05 Å². The maximum absolute atomic E-state index is 13.3. The number of nitrogens with one attached hydrogen (secondary N) is 1. The normalized spacial score (nSPS) is 12.6. The van der Waals surface area contributed by atoms with E-state index in [1.165, 1.54) is 12.1 Å². The van der Waals surface area contributed by atoms with Crippen LogP contribution in [-0.4, -0.2) is 33.2 Å². The molecule has 0 bridgehead atoms. The molecular formula is C15H18FN3O2. The molecule has 0 spiro atoms. The van der Waals surface area contributed by atoms with Crippen LogP contribution in [0.15, 0.2) is 24.3 Å². The van der Waals surface area contributed by atoms with Crippen molar-refractivity contribution in [3.63, 3.8) is 0 Å². The number of carboxylic acids is 1. The van der Waals surface area contributed by atoms with Crippen LogP contribution in [0.1, 0.15) is 28.6 Å². The molecular weight excluding hydrogens is 273 g/mol. The molecule has 112 valence electrons. The summed E-state index contributed by atoms with van der Waals surface area (Å²) in [5, 5.41) is 16.4. The molecule has 2 rings (SSSR count). The van der Waals surface area contributed by atoms with Gasteiger partial charge in [0.05, 0.1) is 5.69 Å². The van der Waals surface area contributed by atoms with Crippen LogP contribution in [0.3, 0.4) is 0 Å². The highest BCUT2D eigenvalue weighted by Crippen LogP contribution is 2.23. The van der Waals surface area contributed by atoms with Gasteiger partial charge in [-0.2, -0.15) is 5.10 Å². The van der Waals surface area contributed by atoms with Crippen molar-refractivity contribution in [1.82, 2.24) is 15.1 Å². The first-order valence-corrected chi connectivity index (χ1v) is 6.58. The predicted molar refractivity (Wildman–Crippen MR) is 76.3 cm³/mol. The largest absolute Gasteiger partial charge is 0.480 e. The molecule has 1 aromatic carbocycles. The number of hydrogen-bond donors (Lipinski definition) is 2. The van der Waals surface area contributed by atoms with Gasteiger partial charge in [-0.25, -0.2) is 4.39 Å². The topological polar surface area (TPSA) is 69.2 Å². The first-order valence-electron chi connectivity index (χ1n) is 6.58. The number of rotatable bonds is 5. The molecule has 0 saturated heterocycles. The van der Waals surface area contributed by atoms with E-state index in [1.807, 2.05) is 13.0 Å². The summed E-state index contributed by atoms with van der Waals surface area (Å²) in [6, 6.07) is 5.40. The van der Waals surface area contributed by atoms with Gasteiger partial charge in [-0.15, -0.1) is 0 Å². The maximum Gasteiger partial charge on any atom is 0.325 e. The third kappa shape index (κ3) is 3.46. The Morgan fingerprint density at radius 3 is 2.67 bits per heavy atom. The molecule has 0 aliphatic carbocycles. The van der Waals surface area contributed by atoms with Crippen molar-refractivity contribution in [2.45, 2.75) is 26.4 Å². The standard InChI is InChI=1S/C15H18FN3O2/c1-9-6-11(4-5-13(9)16)14(15(20)21)19(3)8-12-7-10(2)17-18-12/h4-7,14H,8H2,1-3H3,(H,17,18)(H,20,21)/t14-/m0/s1. The number of H-pyrrole nitrogens is 1. The third-order valence-corrected chi connectivity index (χ3v) is 3.34. The van der Waals surface area contributed by atoms with Gasteiger partial charge in [0, 0.05) is 12.2 Å². The number of aliphatic carboxylic acids is 1. The highest BCUT2D eigenvalue weighted by molar-refractivity contribution is 5.75. The number of halogens is 1. The molecule has 0 fully saturated rings. The molecule has 6 heteroatoms. The van der Waals surface area contributed by atoms with Gasteiger partial charge in [-0.1, -0.05) is 12.1 Å². The number of aromatic amines is 1. The van der Waals surface area contributed by atoms with E-state index < -0.39 is 12.0 Å². The van der Waals surface area contributed by atoms with E-state index >= 15 is 0 Å². The number of carbonyl (C=O) groups is 1. The Labute approximate surface area is 122 Å². The van der Waals surface area contributed by atoms with Crippen LogP contribution < -0.4 is 0 Å². The molecule has 0 radical (unpaired) electrons. The summed E-state index contributed by atoms with van der Waals surface area (Å²) in [4.78, 5) is 13.2. The van der Waals surface area contributed by atoms with Crippen LogP contribution in [-0.2, 0) is 11.3 Å². The Morgan fingerprint density at radius 2 is 2.14 bits per heavy atom.